The minimum atomic E-state index is -0.271. The van der Waals surface area contributed by atoms with E-state index in [1.54, 1.807) is 0 Å². The van der Waals surface area contributed by atoms with E-state index in [9.17, 15) is 9.59 Å². The second-order valence-electron chi connectivity index (χ2n) is 4.87. The zero-order valence-electron chi connectivity index (χ0n) is 11.8. The van der Waals surface area contributed by atoms with Crippen molar-refractivity contribution in [3.05, 3.63) is 10.4 Å². The lowest BCUT2D eigenvalue weighted by molar-refractivity contribution is -0.142. The van der Waals surface area contributed by atoms with Gasteiger partial charge in [0.15, 0.2) is 0 Å². The fourth-order valence-corrected chi connectivity index (χ4v) is 2.28. The summed E-state index contributed by atoms with van der Waals surface area (Å²) < 4.78 is 9.70. The number of unbranched alkanes of at least 4 members (excludes halogenated alkanes) is 3. The number of hydrogen-bond donors (Lipinski definition) is 0. The van der Waals surface area contributed by atoms with Gasteiger partial charge >= 0.3 is 11.9 Å². The molecule has 1 saturated heterocycles. The Morgan fingerprint density at radius 1 is 1.50 bits per heavy atom. The predicted octanol–water partition coefficient (Wildman–Crippen LogP) is 2.88. The average molecular weight is 283 g/mol. The third kappa shape index (κ3) is 5.93. The zero-order chi connectivity index (χ0) is 14.8. The summed E-state index contributed by atoms with van der Waals surface area (Å²) in [5.74, 6) is -0.402. The first-order chi connectivity index (χ1) is 9.67. The van der Waals surface area contributed by atoms with Crippen LogP contribution in [0.5, 0.6) is 0 Å². The van der Waals surface area contributed by atoms with Gasteiger partial charge in [-0.05, 0) is 24.8 Å². The Balaban J connectivity index is 2.18. The highest BCUT2D eigenvalue weighted by Crippen LogP contribution is 2.23. The van der Waals surface area contributed by atoms with Crippen molar-refractivity contribution in [2.24, 2.45) is 5.11 Å². The molecule has 0 aromatic carbocycles. The topological polar surface area (TPSA) is 101 Å². The molecule has 1 heterocycles. The first kappa shape index (κ1) is 16.3. The third-order valence-electron chi connectivity index (χ3n) is 3.40. The van der Waals surface area contributed by atoms with E-state index < -0.39 is 0 Å². The Hall–Kier alpha value is -1.75. The van der Waals surface area contributed by atoms with Crippen LogP contribution in [0.25, 0.3) is 10.4 Å². The molecule has 1 aliphatic rings. The van der Waals surface area contributed by atoms with E-state index >= 15 is 0 Å². The van der Waals surface area contributed by atoms with Crippen LogP contribution in [0.2, 0.25) is 0 Å². The van der Waals surface area contributed by atoms with Crippen molar-refractivity contribution in [2.75, 3.05) is 7.11 Å². The number of carbonyl (C=O) groups is 2. The van der Waals surface area contributed by atoms with Gasteiger partial charge in [0, 0.05) is 17.8 Å². The maximum Gasteiger partial charge on any atom is 0.306 e. The standard InChI is InChI=1S/C13H21N3O4/c1-19-12(17)7-5-3-2-4-6-10(15-16-14)11-8-9-13(18)20-11/h10-11H,2-9H2,1H3/t10-,11+/m0/s1. The summed E-state index contributed by atoms with van der Waals surface area (Å²) in [4.78, 5) is 24.8. The van der Waals surface area contributed by atoms with E-state index in [0.717, 1.165) is 25.7 Å². The van der Waals surface area contributed by atoms with E-state index in [4.69, 9.17) is 10.3 Å². The van der Waals surface area contributed by atoms with Gasteiger partial charge in [0.2, 0.25) is 0 Å². The number of azide groups is 1. The average Bonchev–Trinajstić information content (AvgIpc) is 2.87. The molecule has 0 bridgehead atoms. The van der Waals surface area contributed by atoms with E-state index in [1.165, 1.54) is 7.11 Å². The minimum absolute atomic E-state index is 0.185. The molecule has 0 amide bonds. The van der Waals surface area contributed by atoms with E-state index in [2.05, 4.69) is 14.8 Å². The number of ether oxygens (including phenoxy) is 2. The van der Waals surface area contributed by atoms with Crippen LogP contribution in [-0.2, 0) is 19.1 Å². The molecule has 7 heteroatoms. The molecule has 112 valence electrons. The van der Waals surface area contributed by atoms with Crippen molar-refractivity contribution >= 4 is 11.9 Å². The molecule has 1 aliphatic heterocycles. The van der Waals surface area contributed by atoms with E-state index in [0.29, 0.717) is 25.7 Å². The largest absolute Gasteiger partial charge is 0.469 e. The van der Waals surface area contributed by atoms with E-state index in [1.807, 2.05) is 0 Å². The van der Waals surface area contributed by atoms with Crippen molar-refractivity contribution in [3.8, 4) is 0 Å². The molecular formula is C13H21N3O4. The molecule has 1 fully saturated rings. The summed E-state index contributed by atoms with van der Waals surface area (Å²) in [5.41, 5.74) is 8.56. The molecule has 0 saturated carbocycles. The van der Waals surface area contributed by atoms with Gasteiger partial charge < -0.3 is 9.47 Å². The fraction of sp³-hybridized carbons (Fsp3) is 0.846. The molecule has 7 nitrogen and oxygen atoms in total. The van der Waals surface area contributed by atoms with Crippen LogP contribution in [0, 0.1) is 0 Å². The van der Waals surface area contributed by atoms with Crippen LogP contribution in [0.15, 0.2) is 5.11 Å². The predicted molar refractivity (Wildman–Crippen MR) is 71.8 cm³/mol. The Morgan fingerprint density at radius 2 is 2.25 bits per heavy atom. The first-order valence-electron chi connectivity index (χ1n) is 6.98. The molecule has 0 spiro atoms. The maximum atomic E-state index is 11.1. The molecule has 20 heavy (non-hydrogen) atoms. The van der Waals surface area contributed by atoms with Gasteiger partial charge in [-0.2, -0.15) is 0 Å². The van der Waals surface area contributed by atoms with Crippen LogP contribution in [-0.4, -0.2) is 31.2 Å². The van der Waals surface area contributed by atoms with Crippen LogP contribution >= 0.6 is 0 Å². The van der Waals surface area contributed by atoms with Gasteiger partial charge in [-0.15, -0.1) is 0 Å². The molecule has 0 aromatic rings. The molecule has 0 N–H and O–H groups in total. The summed E-state index contributed by atoms with van der Waals surface area (Å²) in [5, 5.41) is 3.73. The molecule has 0 aromatic heterocycles. The van der Waals surface area contributed by atoms with E-state index in [-0.39, 0.29) is 24.1 Å². The lowest BCUT2D eigenvalue weighted by Gasteiger charge is -2.17. The number of esters is 2. The Bertz CT molecular complexity index is 380. The highest BCUT2D eigenvalue weighted by Gasteiger charge is 2.29. The van der Waals surface area contributed by atoms with Gasteiger partial charge in [-0.25, -0.2) is 0 Å². The summed E-state index contributed by atoms with van der Waals surface area (Å²) >= 11 is 0. The van der Waals surface area contributed by atoms with Gasteiger partial charge in [0.1, 0.15) is 6.10 Å². The summed E-state index contributed by atoms with van der Waals surface area (Å²) in [7, 11) is 1.38. The van der Waals surface area contributed by atoms with Gasteiger partial charge in [-0.3, -0.25) is 9.59 Å². The monoisotopic (exact) mass is 283 g/mol. The molecule has 0 aliphatic carbocycles. The van der Waals surface area contributed by atoms with Crippen molar-refractivity contribution < 1.29 is 19.1 Å². The first-order valence-corrected chi connectivity index (χ1v) is 6.98. The van der Waals surface area contributed by atoms with Crippen LogP contribution in [0.4, 0.5) is 0 Å². The highest BCUT2D eigenvalue weighted by atomic mass is 16.6. The highest BCUT2D eigenvalue weighted by molar-refractivity contribution is 5.71. The molecular weight excluding hydrogens is 262 g/mol. The van der Waals surface area contributed by atoms with Gasteiger partial charge in [0.25, 0.3) is 0 Å². The Kier molecular flexibility index (Phi) is 7.50. The van der Waals surface area contributed by atoms with Crippen molar-refractivity contribution in [2.45, 2.75) is 63.5 Å². The maximum absolute atomic E-state index is 11.1. The quantitative estimate of drug-likeness (QED) is 0.213. The molecule has 0 radical (unpaired) electrons. The van der Waals surface area contributed by atoms with Crippen molar-refractivity contribution in [1.82, 2.24) is 0 Å². The Morgan fingerprint density at radius 3 is 2.85 bits per heavy atom. The fourth-order valence-electron chi connectivity index (χ4n) is 2.28. The van der Waals surface area contributed by atoms with Gasteiger partial charge in [-0.1, -0.05) is 24.4 Å². The zero-order valence-corrected chi connectivity index (χ0v) is 11.8. The normalized spacial score (nSPS) is 19.1. The second-order valence-corrected chi connectivity index (χ2v) is 4.87. The van der Waals surface area contributed by atoms with Crippen molar-refractivity contribution in [1.29, 1.82) is 0 Å². The third-order valence-corrected chi connectivity index (χ3v) is 3.40. The summed E-state index contributed by atoms with van der Waals surface area (Å²) in [6.45, 7) is 0. The smallest absolute Gasteiger partial charge is 0.306 e. The summed E-state index contributed by atoms with van der Waals surface area (Å²) in [6, 6.07) is -0.271. The number of carbonyl (C=O) groups excluding carboxylic acids is 2. The SMILES string of the molecule is COC(=O)CCCCCC[C@H](N=[N+]=[N-])[C@H]1CCC(=O)O1. The van der Waals surface area contributed by atoms with Crippen molar-refractivity contribution in [3.63, 3.8) is 0 Å². The number of cyclic esters (lactones) is 1. The van der Waals surface area contributed by atoms with Crippen LogP contribution in [0.1, 0.15) is 51.4 Å². The lowest BCUT2D eigenvalue weighted by atomic mass is 10.0. The number of hydrogen-bond acceptors (Lipinski definition) is 5. The lowest BCUT2D eigenvalue weighted by Crippen LogP contribution is -2.23. The molecule has 1 rings (SSSR count). The second kappa shape index (κ2) is 9.20. The number of methoxy groups -OCH3 is 1. The molecule has 0 unspecified atom stereocenters. The summed E-state index contributed by atoms with van der Waals surface area (Å²) in [6.07, 6.45) is 5.49. The van der Waals surface area contributed by atoms with Crippen LogP contribution < -0.4 is 0 Å². The number of rotatable bonds is 9. The Labute approximate surface area is 118 Å². The minimum Gasteiger partial charge on any atom is -0.469 e. The molecule has 2 atom stereocenters. The number of nitrogens with zero attached hydrogens (tertiary/aromatic N) is 3. The van der Waals surface area contributed by atoms with Gasteiger partial charge in [0.05, 0.1) is 13.2 Å². The van der Waals surface area contributed by atoms with Crippen LogP contribution in [0.3, 0.4) is 0 Å².